The molecule has 20 nitrogen and oxygen atoms in total. The van der Waals surface area contributed by atoms with Gasteiger partial charge >= 0.3 is 0 Å². The Morgan fingerprint density at radius 3 is 1.22 bits per heavy atom. The van der Waals surface area contributed by atoms with E-state index in [9.17, 15) is 0 Å². The second-order valence-corrected chi connectivity index (χ2v) is 17.0. The van der Waals surface area contributed by atoms with Crippen molar-refractivity contribution in [1.29, 1.82) is 0 Å². The Balaban J connectivity index is -0.000000392. The summed E-state index contributed by atoms with van der Waals surface area (Å²) in [4.78, 5) is 20.1. The number of nitrogens with zero attached hydrogens (tertiary/aromatic N) is 6. The van der Waals surface area contributed by atoms with Crippen LogP contribution in [0.4, 0.5) is 17.1 Å². The van der Waals surface area contributed by atoms with Crippen molar-refractivity contribution in [2.75, 3.05) is 75.6 Å². The number of nitrogens with two attached hydrogens (primary N) is 8. The standard InChI is InChI=1S/C7H9N.2C7H8O.C7H8S.C6H8N2.C5H7N3.C4H6N2.C4H11NO3.C4H5N.C2H8N2.C2H7NO.C2H7NS/c4*1-6-4-2-3-5-7(6)8;1-5-6(7)3-2-4-8-5;1-4-5(6)2-7-3-8-4;1-6-3-2-5-4-6;5-4(1-6,2-7)3-8;1-2-4-5-3-1;3*3-1-2-4/h2-5H,8H2,1H3;3*2-5,8H,1H3;2-4H,7H2,1H3;2-3H,6H2,1H3;2-4H,1H3;6-8H,1-3,5H2;1,3-4H,2H2;1-4H2;2*4H,1-3H2. The minimum absolute atomic E-state index is 0.0972. The Hall–Kier alpha value is -6.93. The summed E-state index contributed by atoms with van der Waals surface area (Å²) in [5, 5.41) is 50.6. The lowest BCUT2D eigenvalue weighted by Gasteiger charge is -2.20. The maximum absolute atomic E-state index is 8.92. The van der Waals surface area contributed by atoms with E-state index < -0.39 is 25.4 Å². The predicted octanol–water partition coefficient (Wildman–Crippen LogP) is 5.37. The van der Waals surface area contributed by atoms with E-state index in [-0.39, 0.29) is 6.61 Å². The summed E-state index contributed by atoms with van der Waals surface area (Å²) in [6.45, 7) is 12.7. The molecule has 0 saturated carbocycles. The van der Waals surface area contributed by atoms with Gasteiger partial charge in [0.05, 0.1) is 67.3 Å². The molecule has 0 unspecified atom stereocenters. The molecule has 0 radical (unpaired) electrons. The van der Waals surface area contributed by atoms with Crippen LogP contribution in [-0.4, -0.2) is 125 Å². The average Bonchev–Trinajstić information content (AvgIpc) is 4.23. The van der Waals surface area contributed by atoms with Gasteiger partial charge in [0.1, 0.15) is 17.8 Å². The van der Waals surface area contributed by atoms with Crippen LogP contribution in [0.1, 0.15) is 40.1 Å². The Morgan fingerprint density at radius 2 is 1.03 bits per heavy atom. The van der Waals surface area contributed by atoms with Crippen LogP contribution < -0.4 is 45.9 Å². The number of phenolic OH excluding ortho intramolecular Hbond substituents is 2. The number of benzene rings is 4. The van der Waals surface area contributed by atoms with Gasteiger partial charge in [-0.15, -0.1) is 12.6 Å². The van der Waals surface area contributed by atoms with Crippen LogP contribution in [0.15, 0.2) is 169 Å². The first-order chi connectivity index (χ1) is 37.6. The smallest absolute Gasteiger partial charge is 0.118 e. The van der Waals surface area contributed by atoms with Gasteiger partial charge in [-0.05, 0) is 100 Å². The molecule has 7 aromatic rings. The van der Waals surface area contributed by atoms with E-state index in [2.05, 4.69) is 50.2 Å². The number of hydrogen-bond acceptors (Lipinski definition) is 21. The first-order valence-corrected chi connectivity index (χ1v) is 25.7. The second-order valence-electron chi connectivity index (χ2n) is 16.1. The number of hydrogen-bond donors (Lipinski definition) is 16. The van der Waals surface area contributed by atoms with Gasteiger partial charge in [-0.3, -0.25) is 9.98 Å². The lowest BCUT2D eigenvalue weighted by Crippen LogP contribution is -2.50. The van der Waals surface area contributed by atoms with Crippen molar-refractivity contribution in [1.82, 2.24) is 24.5 Å². The molecule has 79 heavy (non-hydrogen) atoms. The molecule has 0 aliphatic carbocycles. The zero-order valence-electron chi connectivity index (χ0n) is 47.0. The van der Waals surface area contributed by atoms with Gasteiger partial charge in [0.2, 0.25) is 0 Å². The second kappa shape index (κ2) is 54.4. The molecule has 4 aromatic carbocycles. The molecule has 8 rings (SSSR count). The third kappa shape index (κ3) is 49.1. The predicted molar refractivity (Wildman–Crippen MR) is 335 cm³/mol. The molecule has 0 spiro atoms. The number of phenols is 2. The fraction of sp³-hybridized carbons (Fsp3) is 0.316. The zero-order chi connectivity index (χ0) is 60.7. The maximum Gasteiger partial charge on any atom is 0.118 e. The van der Waals surface area contributed by atoms with Crippen molar-refractivity contribution in [3.8, 4) is 11.5 Å². The van der Waals surface area contributed by atoms with Crippen molar-refractivity contribution >= 4 is 48.5 Å². The molecule has 3 aromatic heterocycles. The van der Waals surface area contributed by atoms with Gasteiger partial charge in [0.15, 0.2) is 0 Å². The summed E-state index contributed by atoms with van der Waals surface area (Å²) in [6.07, 6.45) is 16.9. The highest BCUT2D eigenvalue weighted by Gasteiger charge is 2.20. The molecule has 22 N–H and O–H groups in total. The Kier molecular flexibility index (Phi) is 54.1. The average molecular weight is 1130 g/mol. The number of nitrogen functional groups attached to an aromatic ring is 3. The highest BCUT2D eigenvalue weighted by Crippen LogP contribution is 2.13. The van der Waals surface area contributed by atoms with Crippen LogP contribution in [0.5, 0.6) is 11.5 Å². The summed E-state index contributed by atoms with van der Waals surface area (Å²) in [5.74, 6) is 1.53. The summed E-state index contributed by atoms with van der Waals surface area (Å²) < 4.78 is 1.89. The highest BCUT2D eigenvalue weighted by molar-refractivity contribution is 7.80. The fourth-order valence-electron chi connectivity index (χ4n) is 3.96. The Bertz CT molecular complexity index is 2030. The minimum atomic E-state index is -1.21. The van der Waals surface area contributed by atoms with Crippen LogP contribution in [-0.2, 0) is 7.05 Å². The van der Waals surface area contributed by atoms with Crippen molar-refractivity contribution in [2.45, 2.75) is 58.4 Å². The number of aliphatic hydroxyl groups excluding tert-OH is 4. The molecule has 0 saturated heterocycles. The lowest BCUT2D eigenvalue weighted by atomic mass is 10.1. The molecule has 4 heterocycles. The fourth-order valence-corrected chi connectivity index (χ4v) is 4.12. The molecule has 1 aliphatic rings. The van der Waals surface area contributed by atoms with Gasteiger partial charge in [-0.2, -0.15) is 12.6 Å². The molecule has 22 heteroatoms. The van der Waals surface area contributed by atoms with Gasteiger partial charge < -0.3 is 81.1 Å². The number of allylic oxidation sites excluding steroid dienone is 1. The zero-order valence-corrected chi connectivity index (χ0v) is 48.8. The summed E-state index contributed by atoms with van der Waals surface area (Å²) >= 11 is 7.99. The molecule has 0 fully saturated rings. The van der Waals surface area contributed by atoms with Crippen LogP contribution in [0, 0.1) is 41.5 Å². The van der Waals surface area contributed by atoms with Gasteiger partial charge in [0, 0.05) is 87.0 Å². The number of aliphatic hydroxyl groups is 4. The monoisotopic (exact) mass is 1130 g/mol. The number of aliphatic imine (C=N–C) groups is 1. The van der Waals surface area contributed by atoms with Gasteiger partial charge in [0.25, 0.3) is 0 Å². The van der Waals surface area contributed by atoms with Crippen LogP contribution in [0.25, 0.3) is 0 Å². The van der Waals surface area contributed by atoms with Crippen molar-refractivity contribution < 1.29 is 30.6 Å². The maximum atomic E-state index is 8.92. The first kappa shape index (κ1) is 78.6. The number of aromatic nitrogens is 5. The van der Waals surface area contributed by atoms with E-state index in [4.69, 9.17) is 76.5 Å². The highest BCUT2D eigenvalue weighted by atomic mass is 32.1. The largest absolute Gasteiger partial charge is 0.508 e. The Labute approximate surface area is 480 Å². The topological polar surface area (TPSA) is 398 Å². The molecular weight excluding hydrogens is 1040 g/mol. The quantitative estimate of drug-likeness (QED) is 0.0734. The normalized spacial score (nSPS) is 9.70. The van der Waals surface area contributed by atoms with Crippen LogP contribution >= 0.6 is 25.3 Å². The molecule has 0 amide bonds. The molecule has 1 aliphatic heterocycles. The SMILES string of the molecule is C1=CN=CC1.Cc1ccccc1N.Cc1ccccc1O.Cc1ccccc1O.Cc1ccccc1S.Cc1ncccc1N.Cc1ncncc1N.Cn1ccnc1.NC(CO)(CO)CO.NCCN.NCCO.NCCS. The third-order valence-corrected chi connectivity index (χ3v) is 9.84. The number of anilines is 3. The number of thiol groups is 2. The van der Waals surface area contributed by atoms with Gasteiger partial charge in [-0.25, -0.2) is 15.0 Å². The van der Waals surface area contributed by atoms with Gasteiger partial charge in [-0.1, -0.05) is 78.9 Å². The van der Waals surface area contributed by atoms with E-state index in [1.807, 2.05) is 169 Å². The van der Waals surface area contributed by atoms with E-state index in [1.165, 1.54) is 11.9 Å². The van der Waals surface area contributed by atoms with E-state index in [1.54, 1.807) is 43.3 Å². The number of imidazole rings is 1. The number of aromatic hydroxyl groups is 2. The third-order valence-electron chi connectivity index (χ3n) is 9.08. The molecular formula is C57H92N14O6S2. The van der Waals surface area contributed by atoms with E-state index in [0.29, 0.717) is 43.4 Å². The number of aryl methyl sites for hydroxylation is 7. The number of para-hydroxylation sites is 3. The van der Waals surface area contributed by atoms with Crippen molar-refractivity contribution in [3.05, 3.63) is 193 Å². The first-order valence-electron chi connectivity index (χ1n) is 24.6. The van der Waals surface area contributed by atoms with Crippen LogP contribution in [0.2, 0.25) is 0 Å². The lowest BCUT2D eigenvalue weighted by molar-refractivity contribution is 0.0697. The molecule has 0 bridgehead atoms. The van der Waals surface area contributed by atoms with Crippen molar-refractivity contribution in [3.63, 3.8) is 0 Å². The number of pyridine rings is 1. The summed E-state index contributed by atoms with van der Waals surface area (Å²) in [6, 6.07) is 34.0. The minimum Gasteiger partial charge on any atom is -0.508 e. The summed E-state index contributed by atoms with van der Waals surface area (Å²) in [7, 11) is 1.94. The Morgan fingerprint density at radius 1 is 0.570 bits per heavy atom. The van der Waals surface area contributed by atoms with Crippen LogP contribution in [0.3, 0.4) is 0 Å². The molecule has 0 atom stereocenters. The van der Waals surface area contributed by atoms with E-state index >= 15 is 0 Å². The van der Waals surface area contributed by atoms with Crippen molar-refractivity contribution in [2.24, 2.45) is 40.7 Å². The summed E-state index contributed by atoms with van der Waals surface area (Å²) in [5.41, 5.74) is 48.1. The number of rotatable bonds is 6. The van der Waals surface area contributed by atoms with E-state index in [0.717, 1.165) is 56.5 Å². The molecule has 438 valence electrons.